The molecule has 4 bridgehead atoms. The van der Waals surface area contributed by atoms with E-state index in [1.165, 1.54) is 38.5 Å². The maximum absolute atomic E-state index is 6.84. The molecule has 10 heteroatoms. The van der Waals surface area contributed by atoms with Gasteiger partial charge in [0.2, 0.25) is 0 Å². The standard InChI is InChI=1S/C30H58O6S2Si2/c1-9-27-19-17-25(21-27)23-29(27,39(31-11-3,32-12-4)33-13-5)37-38-30(24-26-18-20-28(30,10-2)22-26)40(34-14-6,35-15-7)36-16-8/h25-26H,9-24H2,1-8H3. The average molecular weight is 635 g/mol. The molecule has 4 aliphatic rings. The lowest BCUT2D eigenvalue weighted by atomic mass is 9.80. The van der Waals surface area contributed by atoms with E-state index in [-0.39, 0.29) is 19.6 Å². The molecule has 0 aromatic rings. The van der Waals surface area contributed by atoms with Gasteiger partial charge in [-0.1, -0.05) is 35.4 Å². The van der Waals surface area contributed by atoms with E-state index in [1.807, 2.05) is 0 Å². The Morgan fingerprint density at radius 2 is 0.800 bits per heavy atom. The minimum atomic E-state index is -3.10. The topological polar surface area (TPSA) is 55.4 Å². The van der Waals surface area contributed by atoms with Crippen molar-refractivity contribution >= 4 is 39.2 Å². The van der Waals surface area contributed by atoms with Gasteiger partial charge >= 0.3 is 17.6 Å². The van der Waals surface area contributed by atoms with Gasteiger partial charge in [-0.25, -0.2) is 0 Å². The summed E-state index contributed by atoms with van der Waals surface area (Å²) in [7, 11) is -2.00. The SMILES string of the molecule is CCO[Si](OCC)(OCC)C1(SSC2([Si](OCC)(OCC)OCC)CC3CCC2(CC)C3)CC2CCC1(CC)C2. The molecular weight excluding hydrogens is 577 g/mol. The zero-order valence-electron chi connectivity index (χ0n) is 26.7. The van der Waals surface area contributed by atoms with E-state index in [0.29, 0.717) is 51.5 Å². The van der Waals surface area contributed by atoms with Crippen LogP contribution in [0.3, 0.4) is 0 Å². The van der Waals surface area contributed by atoms with Gasteiger partial charge in [0.15, 0.2) is 0 Å². The summed E-state index contributed by atoms with van der Waals surface area (Å²) in [5, 5.41) is 0. The summed E-state index contributed by atoms with van der Waals surface area (Å²) in [4.78, 5) is 0. The molecular formula is C30H58O6S2Si2. The Bertz CT molecular complexity index is 740. The van der Waals surface area contributed by atoms with Crippen LogP contribution in [0.5, 0.6) is 0 Å². The summed E-state index contributed by atoms with van der Waals surface area (Å²) >= 11 is 0. The van der Waals surface area contributed by atoms with Crippen LogP contribution < -0.4 is 0 Å². The van der Waals surface area contributed by atoms with Crippen molar-refractivity contribution in [2.24, 2.45) is 22.7 Å². The van der Waals surface area contributed by atoms with Gasteiger partial charge in [-0.2, -0.15) is 0 Å². The van der Waals surface area contributed by atoms with Gasteiger partial charge in [0.1, 0.15) is 8.74 Å². The monoisotopic (exact) mass is 634 g/mol. The van der Waals surface area contributed by atoms with Gasteiger partial charge in [-0.15, -0.1) is 0 Å². The Morgan fingerprint density at radius 3 is 1.02 bits per heavy atom. The van der Waals surface area contributed by atoms with Gasteiger partial charge in [0.05, 0.1) is 0 Å². The van der Waals surface area contributed by atoms with Crippen molar-refractivity contribution in [3.05, 3.63) is 0 Å². The Labute approximate surface area is 255 Å². The van der Waals surface area contributed by atoms with Crippen LogP contribution in [0.1, 0.15) is 120 Å². The van der Waals surface area contributed by atoms with Crippen molar-refractivity contribution in [1.82, 2.24) is 0 Å². The summed E-state index contributed by atoms with van der Waals surface area (Å²) in [6, 6.07) is 0. The summed E-state index contributed by atoms with van der Waals surface area (Å²) in [5.74, 6) is 1.43. The molecule has 0 saturated heterocycles. The maximum Gasteiger partial charge on any atom is 0.519 e. The van der Waals surface area contributed by atoms with Gasteiger partial charge in [-0.3, -0.25) is 0 Å². The number of hydrogen-bond donors (Lipinski definition) is 0. The van der Waals surface area contributed by atoms with Crippen LogP contribution in [0.25, 0.3) is 0 Å². The highest BCUT2D eigenvalue weighted by atomic mass is 33.1. The van der Waals surface area contributed by atoms with Gasteiger partial charge in [-0.05, 0) is 128 Å². The molecule has 4 fully saturated rings. The van der Waals surface area contributed by atoms with Gasteiger partial charge < -0.3 is 26.6 Å². The highest BCUT2D eigenvalue weighted by Crippen LogP contribution is 2.77. The first kappa shape index (κ1) is 33.8. The fraction of sp³-hybridized carbons (Fsp3) is 1.00. The molecule has 4 rings (SSSR count). The van der Waals surface area contributed by atoms with E-state index in [0.717, 1.165) is 25.7 Å². The van der Waals surface area contributed by atoms with Crippen molar-refractivity contribution in [1.29, 1.82) is 0 Å². The molecule has 0 N–H and O–H groups in total. The molecule has 234 valence electrons. The molecule has 0 aromatic heterocycles. The molecule has 6 unspecified atom stereocenters. The van der Waals surface area contributed by atoms with E-state index in [9.17, 15) is 0 Å². The third-order valence-corrected chi connectivity index (χ3v) is 25.2. The van der Waals surface area contributed by atoms with Crippen LogP contribution in [-0.4, -0.2) is 66.0 Å². The van der Waals surface area contributed by atoms with Crippen molar-refractivity contribution in [3.8, 4) is 0 Å². The predicted molar refractivity (Wildman–Crippen MR) is 171 cm³/mol. The third kappa shape index (κ3) is 4.98. The van der Waals surface area contributed by atoms with E-state index in [4.69, 9.17) is 26.6 Å². The second-order valence-electron chi connectivity index (χ2n) is 12.4. The molecule has 0 heterocycles. The lowest BCUT2D eigenvalue weighted by Crippen LogP contribution is -2.71. The van der Waals surface area contributed by atoms with Gasteiger partial charge in [0, 0.05) is 39.6 Å². The molecule has 0 amide bonds. The largest absolute Gasteiger partial charge is 0.519 e. The Morgan fingerprint density at radius 1 is 0.500 bits per heavy atom. The second kappa shape index (κ2) is 13.5. The quantitative estimate of drug-likeness (QED) is 0.104. The zero-order valence-corrected chi connectivity index (χ0v) is 30.4. The number of hydrogen-bond acceptors (Lipinski definition) is 8. The fourth-order valence-corrected chi connectivity index (χ4v) is 25.5. The molecule has 6 nitrogen and oxygen atoms in total. The Kier molecular flexibility index (Phi) is 11.4. The van der Waals surface area contributed by atoms with E-state index in [2.05, 4.69) is 77.0 Å². The number of fused-ring (bicyclic) bond motifs is 4. The normalized spacial score (nSPS) is 37.2. The average Bonchev–Trinajstić information content (AvgIpc) is 3.71. The summed E-state index contributed by atoms with van der Waals surface area (Å²) in [5.41, 5.74) is 0.318. The highest BCUT2D eigenvalue weighted by molar-refractivity contribution is 8.78. The zero-order chi connectivity index (χ0) is 29.1. The summed E-state index contributed by atoms with van der Waals surface area (Å²) in [6.07, 6.45) is 12.2. The minimum Gasteiger partial charge on any atom is -0.373 e. The van der Waals surface area contributed by atoms with Crippen molar-refractivity contribution in [3.63, 3.8) is 0 Å². The molecule has 0 aromatic carbocycles. The van der Waals surface area contributed by atoms with Crippen molar-refractivity contribution in [2.75, 3.05) is 39.6 Å². The molecule has 6 atom stereocenters. The first-order valence-electron chi connectivity index (χ1n) is 16.5. The highest BCUT2D eigenvalue weighted by Gasteiger charge is 2.79. The lowest BCUT2D eigenvalue weighted by Gasteiger charge is -2.56. The van der Waals surface area contributed by atoms with Crippen LogP contribution >= 0.6 is 21.6 Å². The first-order valence-corrected chi connectivity index (χ1v) is 22.1. The lowest BCUT2D eigenvalue weighted by molar-refractivity contribution is 0.0336. The summed E-state index contributed by atoms with van der Waals surface area (Å²) < 4.78 is 40.7. The van der Waals surface area contributed by atoms with E-state index >= 15 is 0 Å². The van der Waals surface area contributed by atoms with Crippen LogP contribution in [-0.2, 0) is 26.6 Å². The summed E-state index contributed by atoms with van der Waals surface area (Å²) in [6.45, 7) is 21.2. The Hall–Kier alpha value is 0.894. The molecule has 0 aliphatic heterocycles. The fourth-order valence-electron chi connectivity index (χ4n) is 9.49. The van der Waals surface area contributed by atoms with E-state index < -0.39 is 17.6 Å². The van der Waals surface area contributed by atoms with Gasteiger partial charge in [0.25, 0.3) is 0 Å². The van der Waals surface area contributed by atoms with Crippen molar-refractivity contribution in [2.45, 2.75) is 128 Å². The van der Waals surface area contributed by atoms with Crippen LogP contribution in [0, 0.1) is 22.7 Å². The van der Waals surface area contributed by atoms with Crippen molar-refractivity contribution < 1.29 is 26.6 Å². The van der Waals surface area contributed by atoms with Crippen LogP contribution in [0.15, 0.2) is 0 Å². The minimum absolute atomic E-state index is 0.159. The van der Waals surface area contributed by atoms with E-state index in [1.54, 1.807) is 0 Å². The predicted octanol–water partition coefficient (Wildman–Crippen LogP) is 8.22. The smallest absolute Gasteiger partial charge is 0.373 e. The molecule has 40 heavy (non-hydrogen) atoms. The Balaban J connectivity index is 1.88. The second-order valence-corrected chi connectivity index (χ2v) is 21.5. The maximum atomic E-state index is 6.84. The molecule has 0 spiro atoms. The molecule has 4 aliphatic carbocycles. The van der Waals surface area contributed by atoms with Crippen LogP contribution in [0.2, 0.25) is 0 Å². The third-order valence-electron chi connectivity index (χ3n) is 11.0. The number of rotatable bonds is 19. The molecule has 4 saturated carbocycles. The first-order chi connectivity index (χ1) is 19.3. The molecule has 0 radical (unpaired) electrons. The van der Waals surface area contributed by atoms with Crippen LogP contribution in [0.4, 0.5) is 0 Å².